The third-order valence-electron chi connectivity index (χ3n) is 8.56. The molecular formula is C31H28FN7O4. The van der Waals surface area contributed by atoms with Crippen molar-refractivity contribution in [1.29, 1.82) is 0 Å². The largest absolute Gasteiger partial charge is 0.385 e. The van der Waals surface area contributed by atoms with Crippen molar-refractivity contribution in [3.05, 3.63) is 71.9 Å². The van der Waals surface area contributed by atoms with Gasteiger partial charge in [0, 0.05) is 30.4 Å². The van der Waals surface area contributed by atoms with E-state index >= 15 is 0 Å². The number of hydrogen-bond donors (Lipinski definition) is 2. The van der Waals surface area contributed by atoms with E-state index in [9.17, 15) is 23.6 Å². The van der Waals surface area contributed by atoms with Gasteiger partial charge in [0.25, 0.3) is 11.8 Å². The van der Waals surface area contributed by atoms with Crippen molar-refractivity contribution in [2.24, 2.45) is 5.92 Å². The van der Waals surface area contributed by atoms with E-state index in [0.29, 0.717) is 29.7 Å². The molecule has 1 saturated heterocycles. The lowest BCUT2D eigenvalue weighted by Crippen LogP contribution is -2.54. The third kappa shape index (κ3) is 4.92. The van der Waals surface area contributed by atoms with Crippen LogP contribution in [0.1, 0.15) is 65.3 Å². The second-order valence-electron chi connectivity index (χ2n) is 11.3. The van der Waals surface area contributed by atoms with E-state index < -0.39 is 29.7 Å². The van der Waals surface area contributed by atoms with Gasteiger partial charge in [0.2, 0.25) is 11.8 Å². The smallest absolute Gasteiger partial charge is 0.262 e. The van der Waals surface area contributed by atoms with E-state index in [1.165, 1.54) is 6.07 Å². The fourth-order valence-electron chi connectivity index (χ4n) is 6.17. The first-order valence-electron chi connectivity index (χ1n) is 14.4. The maximum Gasteiger partial charge on any atom is 0.262 e. The summed E-state index contributed by atoms with van der Waals surface area (Å²) in [7, 11) is 0. The number of imide groups is 2. The highest BCUT2D eigenvalue weighted by atomic mass is 19.1. The molecule has 1 aliphatic carbocycles. The number of nitrogens with one attached hydrogen (secondary N) is 2. The van der Waals surface area contributed by atoms with Gasteiger partial charge in [-0.1, -0.05) is 6.07 Å². The Hall–Kier alpha value is -5.00. The van der Waals surface area contributed by atoms with Gasteiger partial charge < -0.3 is 5.32 Å². The standard InChI is InChI=1S/C31H28FN7O4/c32-23-4-1-5-24-28(23)34-15-25(36-24)18-14-35-38(16-18)20-11-17(12-20)3-2-10-33-19-6-7-21-22(13-19)31(43)39(30(21)42)26-8-9-27(40)37-29(26)41/h1,4-7,13-17,20,26,33H,2-3,8-12H2,(H,37,40,41)/t17-,20-,26?. The number of rotatable bonds is 8. The van der Waals surface area contributed by atoms with Crippen molar-refractivity contribution in [2.45, 2.75) is 50.6 Å². The molecule has 4 aromatic rings. The van der Waals surface area contributed by atoms with Crippen LogP contribution in [0, 0.1) is 11.7 Å². The zero-order valence-corrected chi connectivity index (χ0v) is 23.1. The van der Waals surface area contributed by atoms with Gasteiger partial charge >= 0.3 is 0 Å². The van der Waals surface area contributed by atoms with E-state index in [2.05, 4.69) is 25.7 Å². The number of carbonyl (C=O) groups is 4. The second-order valence-corrected chi connectivity index (χ2v) is 11.3. The van der Waals surface area contributed by atoms with Gasteiger partial charge in [-0.15, -0.1) is 0 Å². The minimum atomic E-state index is -0.973. The normalized spacial score (nSPS) is 21.6. The van der Waals surface area contributed by atoms with E-state index in [4.69, 9.17) is 0 Å². The Morgan fingerprint density at radius 3 is 2.70 bits per heavy atom. The number of amides is 4. The molecule has 12 heteroatoms. The Labute approximate surface area is 245 Å². The van der Waals surface area contributed by atoms with E-state index in [-0.39, 0.29) is 35.3 Å². The Balaban J connectivity index is 0.891. The van der Waals surface area contributed by atoms with Crippen LogP contribution in [-0.4, -0.2) is 60.9 Å². The first kappa shape index (κ1) is 26.9. The minimum Gasteiger partial charge on any atom is -0.385 e. The predicted octanol–water partition coefficient (Wildman–Crippen LogP) is 3.88. The van der Waals surface area contributed by atoms with Crippen LogP contribution in [0.2, 0.25) is 0 Å². The van der Waals surface area contributed by atoms with Gasteiger partial charge in [-0.2, -0.15) is 5.10 Å². The predicted molar refractivity (Wildman–Crippen MR) is 153 cm³/mol. The van der Waals surface area contributed by atoms with Crippen LogP contribution in [0.3, 0.4) is 0 Å². The van der Waals surface area contributed by atoms with Crippen LogP contribution in [0.15, 0.2) is 55.0 Å². The summed E-state index contributed by atoms with van der Waals surface area (Å²) in [6.45, 7) is 0.714. The highest BCUT2D eigenvalue weighted by Crippen LogP contribution is 2.40. The lowest BCUT2D eigenvalue weighted by molar-refractivity contribution is -0.136. The number of fused-ring (bicyclic) bond motifs is 2. The SMILES string of the molecule is O=C1CCC(N2C(=O)c3ccc(NCCC[C@H]4C[C@H](n5cc(-c6cnc7c(F)cccc7n6)cn5)C4)cc3C2=O)C(=O)N1. The molecule has 0 spiro atoms. The molecule has 1 saturated carbocycles. The first-order valence-corrected chi connectivity index (χ1v) is 14.4. The quantitative estimate of drug-likeness (QED) is 0.236. The van der Waals surface area contributed by atoms with E-state index in [0.717, 1.165) is 41.8 Å². The summed E-state index contributed by atoms with van der Waals surface area (Å²) in [6.07, 6.45) is 9.58. The molecule has 0 bridgehead atoms. The minimum absolute atomic E-state index is 0.0884. The average molecular weight is 582 g/mol. The molecular weight excluding hydrogens is 553 g/mol. The van der Waals surface area contributed by atoms with Gasteiger partial charge in [0.05, 0.1) is 40.8 Å². The number of anilines is 1. The number of piperidine rings is 1. The Kier molecular flexibility index (Phi) is 6.68. The van der Waals surface area contributed by atoms with Crippen molar-refractivity contribution >= 4 is 40.3 Å². The summed E-state index contributed by atoms with van der Waals surface area (Å²) in [5, 5.41) is 10.1. The number of para-hydroxylation sites is 1. The summed E-state index contributed by atoms with van der Waals surface area (Å²) < 4.78 is 15.9. The van der Waals surface area contributed by atoms with Gasteiger partial charge in [-0.05, 0) is 68.4 Å². The summed E-state index contributed by atoms with van der Waals surface area (Å²) in [6, 6.07) is 9.13. The molecule has 2 fully saturated rings. The zero-order chi connectivity index (χ0) is 29.7. The van der Waals surface area contributed by atoms with Crippen molar-refractivity contribution in [3.63, 3.8) is 0 Å². The number of benzene rings is 2. The highest BCUT2D eigenvalue weighted by Gasteiger charge is 2.44. The zero-order valence-electron chi connectivity index (χ0n) is 23.1. The van der Waals surface area contributed by atoms with Crippen LogP contribution in [0.25, 0.3) is 22.3 Å². The van der Waals surface area contributed by atoms with E-state index in [1.807, 2.05) is 10.9 Å². The van der Waals surface area contributed by atoms with Gasteiger partial charge in [0.1, 0.15) is 11.6 Å². The maximum absolute atomic E-state index is 13.9. The molecule has 1 unspecified atom stereocenters. The molecule has 0 radical (unpaired) electrons. The van der Waals surface area contributed by atoms with Crippen molar-refractivity contribution < 1.29 is 23.6 Å². The summed E-state index contributed by atoms with van der Waals surface area (Å²) >= 11 is 0. The molecule has 11 nitrogen and oxygen atoms in total. The second kappa shape index (κ2) is 10.7. The first-order chi connectivity index (χ1) is 20.9. The summed E-state index contributed by atoms with van der Waals surface area (Å²) in [5.74, 6) is -1.84. The fraction of sp³-hybridized carbons (Fsp3) is 0.323. The third-order valence-corrected chi connectivity index (χ3v) is 8.56. The number of aromatic nitrogens is 4. The van der Waals surface area contributed by atoms with Crippen LogP contribution < -0.4 is 10.6 Å². The molecule has 7 rings (SSSR count). The lowest BCUT2D eigenvalue weighted by atomic mass is 9.77. The van der Waals surface area contributed by atoms with Crippen molar-refractivity contribution in [2.75, 3.05) is 11.9 Å². The maximum atomic E-state index is 13.9. The Morgan fingerprint density at radius 1 is 1.02 bits per heavy atom. The molecule has 2 aromatic carbocycles. The van der Waals surface area contributed by atoms with Crippen LogP contribution in [0.5, 0.6) is 0 Å². The average Bonchev–Trinajstić information content (AvgIpc) is 3.55. The molecule has 2 aliphatic heterocycles. The molecule has 1 atom stereocenters. The topological polar surface area (TPSA) is 139 Å². The monoisotopic (exact) mass is 581 g/mol. The molecule has 2 aromatic heterocycles. The van der Waals surface area contributed by atoms with Gasteiger partial charge in [-0.25, -0.2) is 14.4 Å². The molecule has 4 heterocycles. The fourth-order valence-corrected chi connectivity index (χ4v) is 6.17. The summed E-state index contributed by atoms with van der Waals surface area (Å²) in [5.41, 5.74) is 3.54. The van der Waals surface area contributed by atoms with Crippen molar-refractivity contribution in [1.82, 2.24) is 30.0 Å². The summed E-state index contributed by atoms with van der Waals surface area (Å²) in [4.78, 5) is 59.4. The number of carbonyl (C=O) groups excluding carboxylic acids is 4. The number of nitrogens with zero attached hydrogens (tertiary/aromatic N) is 5. The number of halogens is 1. The van der Waals surface area contributed by atoms with Crippen LogP contribution in [-0.2, 0) is 9.59 Å². The van der Waals surface area contributed by atoms with Gasteiger partial charge in [0.15, 0.2) is 5.82 Å². The van der Waals surface area contributed by atoms with Crippen molar-refractivity contribution in [3.8, 4) is 11.3 Å². The molecule has 218 valence electrons. The molecule has 43 heavy (non-hydrogen) atoms. The van der Waals surface area contributed by atoms with E-state index in [1.54, 1.807) is 42.7 Å². The van der Waals surface area contributed by atoms with Crippen LogP contribution in [0.4, 0.5) is 10.1 Å². The highest BCUT2D eigenvalue weighted by molar-refractivity contribution is 6.23. The molecule has 4 amide bonds. The Morgan fingerprint density at radius 2 is 1.86 bits per heavy atom. The van der Waals surface area contributed by atoms with Crippen LogP contribution >= 0.6 is 0 Å². The number of hydrogen-bond acceptors (Lipinski definition) is 8. The molecule has 2 N–H and O–H groups in total. The molecule has 3 aliphatic rings. The van der Waals surface area contributed by atoms with Gasteiger partial charge in [-0.3, -0.25) is 34.1 Å². The lowest BCUT2D eigenvalue weighted by Gasteiger charge is -2.35. The Bertz CT molecular complexity index is 1800.